The molecule has 4 aromatic rings. The summed E-state index contributed by atoms with van der Waals surface area (Å²) in [7, 11) is -0.0117. The molecule has 2 unspecified atom stereocenters. The smallest absolute Gasteiger partial charge is 0.427 e. The normalized spacial score (nSPS) is 20.3. The molecule has 1 aliphatic heterocycles. The molecule has 4 aliphatic rings. The predicted molar refractivity (Wildman–Crippen MR) is 317 cm³/mol. The number of hydrogen-bond donors (Lipinski definition) is 1. The summed E-state index contributed by atoms with van der Waals surface area (Å²) in [5, 5.41) is 11.2. The fourth-order valence-corrected chi connectivity index (χ4v) is 12.9. The number of hydrogen-bond acceptors (Lipinski definition) is 4. The zero-order valence-electron chi connectivity index (χ0n) is 49.2. The maximum absolute atomic E-state index is 11.2. The second-order valence-corrected chi connectivity index (χ2v) is 27.5. The Morgan fingerprint density at radius 3 is 1.55 bits per heavy atom. The zero-order valence-corrected chi connectivity index (χ0v) is 49.2. The van der Waals surface area contributed by atoms with Gasteiger partial charge in [0.2, 0.25) is 0 Å². The molecule has 0 aromatic heterocycles. The first-order chi connectivity index (χ1) is 34.7. The van der Waals surface area contributed by atoms with E-state index in [1.165, 1.54) is 138 Å². The SMILES string of the molecule is CCCCCCCCC1(CCCCCCCC)c2cc(BOC(C)(C)C(C)(C)O)ccc2-c2cc3c(cc21)C1C=CC(B2OC(C)(C)C(C)(C)O2)=CC1C3(c1ccc(C(C)(C)C)cc1)c1ccc(C(C)(C)C)cc1. The van der Waals surface area contributed by atoms with Gasteiger partial charge in [0, 0.05) is 17.3 Å². The summed E-state index contributed by atoms with van der Waals surface area (Å²) in [5.74, 6) is 0.188. The summed E-state index contributed by atoms with van der Waals surface area (Å²) in [5.41, 5.74) is 13.0. The van der Waals surface area contributed by atoms with Crippen molar-refractivity contribution in [3.05, 3.63) is 147 Å². The van der Waals surface area contributed by atoms with Gasteiger partial charge in [-0.3, -0.25) is 0 Å². The number of fused-ring (bicyclic) bond motifs is 6. The van der Waals surface area contributed by atoms with Crippen molar-refractivity contribution in [2.24, 2.45) is 5.92 Å². The summed E-state index contributed by atoms with van der Waals surface area (Å²) < 4.78 is 20.4. The Morgan fingerprint density at radius 2 is 1.07 bits per heavy atom. The van der Waals surface area contributed by atoms with Crippen molar-refractivity contribution >= 4 is 20.1 Å². The summed E-state index contributed by atoms with van der Waals surface area (Å²) in [4.78, 5) is 0. The van der Waals surface area contributed by atoms with Gasteiger partial charge in [0.15, 0.2) is 0 Å². The minimum absolute atomic E-state index is 0.0153. The lowest BCUT2D eigenvalue weighted by Crippen LogP contribution is -2.49. The van der Waals surface area contributed by atoms with Crippen molar-refractivity contribution in [1.29, 1.82) is 0 Å². The van der Waals surface area contributed by atoms with Crippen LogP contribution in [0.1, 0.15) is 251 Å². The van der Waals surface area contributed by atoms with Crippen LogP contribution in [0, 0.1) is 5.92 Å². The zero-order chi connectivity index (χ0) is 53.7. The Balaban J connectivity index is 1.39. The van der Waals surface area contributed by atoms with E-state index in [9.17, 15) is 5.11 Å². The van der Waals surface area contributed by atoms with Crippen LogP contribution in [0.3, 0.4) is 0 Å². The number of unbranched alkanes of at least 4 members (excludes halogenated alkanes) is 10. The number of aliphatic hydroxyl groups is 1. The van der Waals surface area contributed by atoms with Crippen LogP contribution in [0.2, 0.25) is 0 Å². The van der Waals surface area contributed by atoms with Crippen LogP contribution in [0.25, 0.3) is 11.1 Å². The molecular formula is C68H96B2O4. The topological polar surface area (TPSA) is 47.9 Å². The Labute approximate surface area is 451 Å². The average molecular weight is 999 g/mol. The lowest BCUT2D eigenvalue weighted by Gasteiger charge is -2.40. The van der Waals surface area contributed by atoms with Gasteiger partial charge in [-0.15, -0.1) is 0 Å². The van der Waals surface area contributed by atoms with Crippen LogP contribution >= 0.6 is 0 Å². The highest BCUT2D eigenvalue weighted by Gasteiger charge is 2.58. The fourth-order valence-electron chi connectivity index (χ4n) is 12.9. The quantitative estimate of drug-likeness (QED) is 0.0667. The van der Waals surface area contributed by atoms with E-state index in [0.717, 1.165) is 18.3 Å². The fraction of sp³-hybridized carbons (Fsp3) is 0.588. The van der Waals surface area contributed by atoms with Gasteiger partial charge in [0.1, 0.15) is 0 Å². The first kappa shape index (κ1) is 56.5. The molecule has 1 heterocycles. The van der Waals surface area contributed by atoms with Crippen molar-refractivity contribution in [2.45, 2.75) is 251 Å². The highest BCUT2D eigenvalue weighted by molar-refractivity contribution is 6.55. The molecule has 2 atom stereocenters. The first-order valence-electron chi connectivity index (χ1n) is 29.4. The van der Waals surface area contributed by atoms with Crippen LogP contribution in [0.15, 0.2) is 103 Å². The highest BCUT2D eigenvalue weighted by Crippen LogP contribution is 2.64. The summed E-state index contributed by atoms with van der Waals surface area (Å²) in [6, 6.07) is 32.2. The molecule has 4 nitrogen and oxygen atoms in total. The monoisotopic (exact) mass is 999 g/mol. The summed E-state index contributed by atoms with van der Waals surface area (Å²) >= 11 is 0. The molecule has 0 amide bonds. The largest absolute Gasteiger partial charge is 0.494 e. The predicted octanol–water partition coefficient (Wildman–Crippen LogP) is 16.8. The average Bonchev–Trinajstić information content (AvgIpc) is 3.86. The van der Waals surface area contributed by atoms with E-state index >= 15 is 0 Å². The molecule has 3 aliphatic carbocycles. The lowest BCUT2D eigenvalue weighted by atomic mass is 9.60. The molecule has 398 valence electrons. The van der Waals surface area contributed by atoms with E-state index in [1.807, 2.05) is 27.7 Å². The standard InChI is InChI=1S/C68H96B2O4/c1-17-19-21-23-25-27-41-67(42-28-26-24-22-20-18-2)57-43-51(69-72-64(11,12)63(9,10)71)37-39-53(57)55-46-60-56(45-58(55)67)54-40-38-52(70-73-65(13,14)66(15,16)74-70)44-59(54)68(60,49-33-29-47(30-34-49)61(3,4)5)50-35-31-48(32-36-50)62(6,7)8/h29-40,43-46,54,59,69,71H,17-28,41-42H2,1-16H3. The Hall–Kier alpha value is -3.67. The van der Waals surface area contributed by atoms with E-state index in [0.29, 0.717) is 7.48 Å². The Kier molecular flexibility index (Phi) is 16.3. The summed E-state index contributed by atoms with van der Waals surface area (Å²) in [6.07, 6.45) is 25.0. The van der Waals surface area contributed by atoms with E-state index < -0.39 is 34.9 Å². The van der Waals surface area contributed by atoms with Crippen molar-refractivity contribution < 1.29 is 19.1 Å². The van der Waals surface area contributed by atoms with Gasteiger partial charge in [-0.05, 0) is 146 Å². The van der Waals surface area contributed by atoms with Gasteiger partial charge in [-0.1, -0.05) is 229 Å². The van der Waals surface area contributed by atoms with Gasteiger partial charge in [-0.25, -0.2) is 0 Å². The number of rotatable bonds is 21. The van der Waals surface area contributed by atoms with Gasteiger partial charge in [0.25, 0.3) is 0 Å². The maximum Gasteiger partial charge on any atom is 0.494 e. The van der Waals surface area contributed by atoms with Gasteiger partial charge in [-0.2, -0.15) is 0 Å². The lowest BCUT2D eigenvalue weighted by molar-refractivity contribution is -0.0893. The molecular weight excluding hydrogens is 902 g/mol. The van der Waals surface area contributed by atoms with E-state index in [-0.39, 0.29) is 28.1 Å². The van der Waals surface area contributed by atoms with Crippen molar-refractivity contribution in [1.82, 2.24) is 0 Å². The molecule has 74 heavy (non-hydrogen) atoms. The molecule has 1 saturated heterocycles. The summed E-state index contributed by atoms with van der Waals surface area (Å²) in [6.45, 7) is 35.0. The van der Waals surface area contributed by atoms with Crippen LogP contribution in [0.5, 0.6) is 0 Å². The maximum atomic E-state index is 11.2. The molecule has 8 rings (SSSR count). The van der Waals surface area contributed by atoms with Gasteiger partial charge in [0.05, 0.1) is 27.8 Å². The van der Waals surface area contributed by atoms with Gasteiger partial charge < -0.3 is 19.1 Å². The van der Waals surface area contributed by atoms with Crippen molar-refractivity contribution in [3.8, 4) is 11.1 Å². The third-order valence-electron chi connectivity index (χ3n) is 19.1. The molecule has 0 bridgehead atoms. The number of allylic oxidation sites excluding steroid dienone is 4. The van der Waals surface area contributed by atoms with E-state index in [1.54, 1.807) is 0 Å². The Bertz CT molecular complexity index is 2560. The molecule has 1 fully saturated rings. The molecule has 0 radical (unpaired) electrons. The van der Waals surface area contributed by atoms with Crippen LogP contribution in [-0.2, 0) is 35.6 Å². The molecule has 4 aromatic carbocycles. The third kappa shape index (κ3) is 10.7. The molecule has 6 heteroatoms. The van der Waals surface area contributed by atoms with Crippen molar-refractivity contribution in [2.75, 3.05) is 0 Å². The third-order valence-corrected chi connectivity index (χ3v) is 19.1. The molecule has 0 spiro atoms. The molecule has 1 N–H and O–H groups in total. The van der Waals surface area contributed by atoms with Crippen LogP contribution in [-0.4, -0.2) is 42.1 Å². The Morgan fingerprint density at radius 1 is 0.581 bits per heavy atom. The van der Waals surface area contributed by atoms with E-state index in [4.69, 9.17) is 14.0 Å². The second-order valence-electron chi connectivity index (χ2n) is 27.5. The van der Waals surface area contributed by atoms with E-state index in [2.05, 4.69) is 180 Å². The highest BCUT2D eigenvalue weighted by atomic mass is 16.7. The van der Waals surface area contributed by atoms with Crippen LogP contribution in [0.4, 0.5) is 0 Å². The molecule has 0 saturated carbocycles. The second kappa shape index (κ2) is 21.3. The van der Waals surface area contributed by atoms with Gasteiger partial charge >= 0.3 is 14.6 Å². The minimum Gasteiger partial charge on any atom is -0.427 e. The first-order valence-corrected chi connectivity index (χ1v) is 29.4. The number of benzene rings is 4. The minimum atomic E-state index is -0.988. The van der Waals surface area contributed by atoms with Crippen molar-refractivity contribution in [3.63, 3.8) is 0 Å². The van der Waals surface area contributed by atoms with Crippen LogP contribution < -0.4 is 5.46 Å².